The highest BCUT2D eigenvalue weighted by atomic mass is 16.6. The third-order valence-corrected chi connectivity index (χ3v) is 2.19. The van der Waals surface area contributed by atoms with E-state index in [0.717, 1.165) is 0 Å². The maximum atomic E-state index is 11.6. The molecule has 0 spiro atoms. The number of hydrogen-bond donors (Lipinski definition) is 3. The zero-order chi connectivity index (χ0) is 19.0. The van der Waals surface area contributed by atoms with Crippen molar-refractivity contribution in [3.05, 3.63) is 0 Å². The van der Waals surface area contributed by atoms with Gasteiger partial charge in [-0.3, -0.25) is 0 Å². The Balaban J connectivity index is 4.09. The number of hydrogen-bond acceptors (Lipinski definition) is 6. The van der Waals surface area contributed by atoms with Gasteiger partial charge in [0.15, 0.2) is 6.04 Å². The third-order valence-electron chi connectivity index (χ3n) is 2.19. The number of carbonyl (C=O) groups excluding carboxylic acids is 2. The molecule has 140 valence electrons. The molecule has 0 aromatic heterocycles. The van der Waals surface area contributed by atoms with Gasteiger partial charge in [0.1, 0.15) is 11.2 Å². The van der Waals surface area contributed by atoms with Gasteiger partial charge in [0, 0.05) is 6.54 Å². The number of ether oxygens (including phenoxy) is 3. The van der Waals surface area contributed by atoms with Crippen LogP contribution in [-0.2, 0) is 19.0 Å². The summed E-state index contributed by atoms with van der Waals surface area (Å²) in [6.45, 7) is 10.2. The van der Waals surface area contributed by atoms with Crippen LogP contribution in [0.2, 0.25) is 0 Å². The summed E-state index contributed by atoms with van der Waals surface area (Å²) >= 11 is 0. The average Bonchev–Trinajstić information content (AvgIpc) is 2.32. The Morgan fingerprint density at radius 2 is 1.46 bits per heavy atom. The molecule has 0 saturated carbocycles. The molecular formula is C15H28N2O7. The molecule has 2 amide bonds. The Kier molecular flexibility index (Phi) is 8.52. The van der Waals surface area contributed by atoms with Gasteiger partial charge in [-0.1, -0.05) is 0 Å². The van der Waals surface area contributed by atoms with Crippen molar-refractivity contribution in [2.45, 2.75) is 58.8 Å². The van der Waals surface area contributed by atoms with E-state index in [4.69, 9.17) is 19.3 Å². The number of aliphatic carboxylic acids is 1. The summed E-state index contributed by atoms with van der Waals surface area (Å²) in [4.78, 5) is 34.0. The molecule has 1 atom stereocenters. The smallest absolute Gasteiger partial charge is 0.408 e. The number of rotatable bonds is 7. The molecule has 0 aliphatic heterocycles. The van der Waals surface area contributed by atoms with Crippen molar-refractivity contribution in [1.82, 2.24) is 10.6 Å². The molecule has 1 unspecified atom stereocenters. The number of carboxylic acid groups (broad SMARTS) is 1. The Hall–Kier alpha value is -2.03. The number of nitrogens with one attached hydrogen (secondary N) is 2. The van der Waals surface area contributed by atoms with E-state index in [1.165, 1.54) is 0 Å². The van der Waals surface area contributed by atoms with E-state index in [9.17, 15) is 14.4 Å². The molecule has 24 heavy (non-hydrogen) atoms. The van der Waals surface area contributed by atoms with Crippen LogP contribution in [-0.4, -0.2) is 60.3 Å². The third kappa shape index (κ3) is 12.5. The lowest BCUT2D eigenvalue weighted by Crippen LogP contribution is -2.46. The molecule has 9 nitrogen and oxygen atoms in total. The molecule has 0 fully saturated rings. The van der Waals surface area contributed by atoms with Crippen LogP contribution in [0.1, 0.15) is 41.5 Å². The van der Waals surface area contributed by atoms with Crippen LogP contribution in [0.3, 0.4) is 0 Å². The van der Waals surface area contributed by atoms with Crippen LogP contribution in [0.5, 0.6) is 0 Å². The lowest BCUT2D eigenvalue weighted by molar-refractivity contribution is -0.141. The maximum absolute atomic E-state index is 11.6. The van der Waals surface area contributed by atoms with E-state index in [-0.39, 0.29) is 19.8 Å². The van der Waals surface area contributed by atoms with Gasteiger partial charge in [0.25, 0.3) is 0 Å². The second-order valence-corrected chi connectivity index (χ2v) is 7.04. The maximum Gasteiger partial charge on any atom is 0.408 e. The molecule has 3 N–H and O–H groups in total. The largest absolute Gasteiger partial charge is 0.480 e. The summed E-state index contributed by atoms with van der Waals surface area (Å²) in [7, 11) is 0. The van der Waals surface area contributed by atoms with Gasteiger partial charge in [-0.25, -0.2) is 14.4 Å². The molecule has 0 aliphatic carbocycles. The molecule has 0 bridgehead atoms. The van der Waals surface area contributed by atoms with E-state index < -0.39 is 35.4 Å². The first kappa shape index (κ1) is 22.0. The fraction of sp³-hybridized carbons (Fsp3) is 0.800. The van der Waals surface area contributed by atoms with Gasteiger partial charge in [-0.2, -0.15) is 0 Å². The molecule has 0 aromatic rings. The van der Waals surface area contributed by atoms with E-state index >= 15 is 0 Å². The number of carboxylic acids is 1. The first-order valence-corrected chi connectivity index (χ1v) is 7.57. The predicted molar refractivity (Wildman–Crippen MR) is 85.8 cm³/mol. The number of carbonyl (C=O) groups is 3. The summed E-state index contributed by atoms with van der Waals surface area (Å²) in [5.41, 5.74) is -1.33. The van der Waals surface area contributed by atoms with Crippen LogP contribution in [0.25, 0.3) is 0 Å². The topological polar surface area (TPSA) is 123 Å². The highest BCUT2D eigenvalue weighted by molar-refractivity contribution is 5.80. The molecule has 0 rings (SSSR count). The molecule has 0 aromatic carbocycles. The molecular weight excluding hydrogens is 320 g/mol. The van der Waals surface area contributed by atoms with E-state index in [1.807, 2.05) is 0 Å². The minimum absolute atomic E-state index is 0.0685. The summed E-state index contributed by atoms with van der Waals surface area (Å²) < 4.78 is 15.2. The lowest BCUT2D eigenvalue weighted by Gasteiger charge is -2.22. The van der Waals surface area contributed by atoms with Gasteiger partial charge in [-0.15, -0.1) is 0 Å². The van der Waals surface area contributed by atoms with Crippen LogP contribution in [0.4, 0.5) is 9.59 Å². The molecule has 0 radical (unpaired) electrons. The van der Waals surface area contributed by atoms with Gasteiger partial charge < -0.3 is 30.0 Å². The lowest BCUT2D eigenvalue weighted by atomic mass is 10.2. The predicted octanol–water partition coefficient (Wildman–Crippen LogP) is 1.51. The Morgan fingerprint density at radius 1 is 0.958 bits per heavy atom. The van der Waals surface area contributed by atoms with Gasteiger partial charge in [-0.05, 0) is 41.5 Å². The second-order valence-electron chi connectivity index (χ2n) is 7.04. The fourth-order valence-corrected chi connectivity index (χ4v) is 1.37. The van der Waals surface area contributed by atoms with Crippen LogP contribution >= 0.6 is 0 Å². The fourth-order valence-electron chi connectivity index (χ4n) is 1.37. The zero-order valence-electron chi connectivity index (χ0n) is 15.1. The van der Waals surface area contributed by atoms with Crippen molar-refractivity contribution < 1.29 is 33.7 Å². The van der Waals surface area contributed by atoms with Crippen molar-refractivity contribution in [3.8, 4) is 0 Å². The average molecular weight is 348 g/mol. The Bertz CT molecular complexity index is 438. The monoisotopic (exact) mass is 348 g/mol. The molecule has 9 heteroatoms. The normalized spacial score (nSPS) is 12.9. The van der Waals surface area contributed by atoms with E-state index in [0.29, 0.717) is 0 Å². The number of amides is 2. The SMILES string of the molecule is CC(C)(C)OC(=O)NCCOCC(NC(=O)OC(C)(C)C)C(=O)O. The van der Waals surface area contributed by atoms with Crippen LogP contribution in [0.15, 0.2) is 0 Å². The van der Waals surface area contributed by atoms with E-state index in [2.05, 4.69) is 10.6 Å². The van der Waals surface area contributed by atoms with Crippen molar-refractivity contribution in [1.29, 1.82) is 0 Å². The van der Waals surface area contributed by atoms with Crippen molar-refractivity contribution in [3.63, 3.8) is 0 Å². The first-order valence-electron chi connectivity index (χ1n) is 7.57. The van der Waals surface area contributed by atoms with E-state index in [1.54, 1.807) is 41.5 Å². The van der Waals surface area contributed by atoms with Crippen molar-refractivity contribution in [2.75, 3.05) is 19.8 Å². The second kappa shape index (κ2) is 9.31. The Labute approximate surface area is 142 Å². The zero-order valence-corrected chi connectivity index (χ0v) is 15.1. The summed E-state index contributed by atoms with van der Waals surface area (Å²) in [5.74, 6) is -1.25. The quantitative estimate of drug-likeness (QED) is 0.596. The van der Waals surface area contributed by atoms with Gasteiger partial charge in [0.05, 0.1) is 13.2 Å². The van der Waals surface area contributed by atoms with Gasteiger partial charge >= 0.3 is 18.2 Å². The standard InChI is InChI=1S/C15H28N2O7/c1-14(2,3)23-12(20)16-7-8-22-9-10(11(18)19)17-13(21)24-15(4,5)6/h10H,7-9H2,1-6H3,(H,16,20)(H,17,21)(H,18,19). The van der Waals surface area contributed by atoms with Crippen LogP contribution < -0.4 is 10.6 Å². The molecule has 0 heterocycles. The van der Waals surface area contributed by atoms with Crippen molar-refractivity contribution >= 4 is 18.2 Å². The van der Waals surface area contributed by atoms with Gasteiger partial charge in [0.2, 0.25) is 0 Å². The summed E-state index contributed by atoms with van der Waals surface area (Å²) in [6, 6.07) is -1.25. The molecule has 0 aliphatic rings. The Morgan fingerprint density at radius 3 is 1.92 bits per heavy atom. The number of alkyl carbamates (subject to hydrolysis) is 2. The minimum atomic E-state index is -1.25. The highest BCUT2D eigenvalue weighted by Gasteiger charge is 2.24. The minimum Gasteiger partial charge on any atom is -0.480 e. The summed E-state index contributed by atoms with van der Waals surface area (Å²) in [6.07, 6.45) is -1.43. The first-order chi connectivity index (χ1) is 10.8. The highest BCUT2D eigenvalue weighted by Crippen LogP contribution is 2.07. The van der Waals surface area contributed by atoms with Crippen LogP contribution in [0, 0.1) is 0 Å². The molecule has 0 saturated heterocycles. The van der Waals surface area contributed by atoms with Crippen molar-refractivity contribution in [2.24, 2.45) is 0 Å². The summed E-state index contributed by atoms with van der Waals surface area (Å²) in [5, 5.41) is 13.7.